The summed E-state index contributed by atoms with van der Waals surface area (Å²) < 4.78 is 116. The number of rotatable bonds is 4. The molecule has 2 aromatic carbocycles. The van der Waals surface area contributed by atoms with E-state index in [9.17, 15) is 43.9 Å². The van der Waals surface area contributed by atoms with Crippen molar-refractivity contribution in [3.8, 4) is 0 Å². The fourth-order valence-corrected chi connectivity index (χ4v) is 3.25. The quantitative estimate of drug-likeness (QED) is 0.693. The highest BCUT2D eigenvalue weighted by Gasteiger charge is 2.37. The van der Waals surface area contributed by atoms with Crippen molar-refractivity contribution >= 4 is 21.6 Å². The van der Waals surface area contributed by atoms with E-state index in [1.807, 2.05) is 5.32 Å². The van der Waals surface area contributed by atoms with Crippen LogP contribution in [-0.4, -0.2) is 32.7 Å². The molecule has 164 valence electrons. The zero-order chi connectivity index (χ0) is 23.1. The predicted molar refractivity (Wildman–Crippen MR) is 91.7 cm³/mol. The summed E-state index contributed by atoms with van der Waals surface area (Å²) in [5, 5.41) is 1.84. The lowest BCUT2D eigenvalue weighted by atomic mass is 10.1. The number of nitrogens with zero attached hydrogens (tertiary/aromatic N) is 1. The standard InChI is InChI=1S/C17H13F7N2O3S/c1-26(2)30(28,29)14-5-9(3-4-13(14)18)15(27)25-12-7-10(16(19,20)21)6-11(8-12)17(22,23)24/h3-8H,1-2H3,(H,25,27). The van der Waals surface area contributed by atoms with Gasteiger partial charge in [0.25, 0.3) is 5.91 Å². The van der Waals surface area contributed by atoms with Crippen molar-refractivity contribution in [3.63, 3.8) is 0 Å². The van der Waals surface area contributed by atoms with Crippen molar-refractivity contribution < 1.29 is 43.9 Å². The third-order valence-corrected chi connectivity index (χ3v) is 5.63. The Kier molecular flexibility index (Phi) is 6.19. The maximum Gasteiger partial charge on any atom is 0.416 e. The van der Waals surface area contributed by atoms with E-state index >= 15 is 0 Å². The highest BCUT2D eigenvalue weighted by atomic mass is 32.2. The van der Waals surface area contributed by atoms with Crippen LogP contribution in [0, 0.1) is 5.82 Å². The van der Waals surface area contributed by atoms with Crippen LogP contribution >= 0.6 is 0 Å². The van der Waals surface area contributed by atoms with Gasteiger partial charge in [0.1, 0.15) is 10.7 Å². The molecule has 0 bridgehead atoms. The molecule has 0 saturated carbocycles. The Morgan fingerprint density at radius 2 is 1.40 bits per heavy atom. The average Bonchev–Trinajstić information content (AvgIpc) is 2.59. The van der Waals surface area contributed by atoms with E-state index in [0.29, 0.717) is 16.4 Å². The molecule has 0 aliphatic heterocycles. The Morgan fingerprint density at radius 1 is 0.900 bits per heavy atom. The molecule has 0 saturated heterocycles. The van der Waals surface area contributed by atoms with Crippen LogP contribution in [0.4, 0.5) is 36.4 Å². The molecule has 0 aliphatic carbocycles. The van der Waals surface area contributed by atoms with Crippen molar-refractivity contribution in [2.45, 2.75) is 17.2 Å². The molecule has 5 nitrogen and oxygen atoms in total. The molecule has 2 rings (SSSR count). The Morgan fingerprint density at radius 3 is 1.83 bits per heavy atom. The first-order valence-corrected chi connectivity index (χ1v) is 9.30. The van der Waals surface area contributed by atoms with Gasteiger partial charge in [0.2, 0.25) is 10.0 Å². The molecule has 1 amide bonds. The molecule has 0 atom stereocenters. The lowest BCUT2D eigenvalue weighted by molar-refractivity contribution is -0.143. The zero-order valence-electron chi connectivity index (χ0n) is 15.2. The minimum absolute atomic E-state index is 0.116. The molecular weight excluding hydrogens is 445 g/mol. The van der Waals surface area contributed by atoms with Crippen LogP contribution in [0.5, 0.6) is 0 Å². The summed E-state index contributed by atoms with van der Waals surface area (Å²) in [4.78, 5) is 11.4. The van der Waals surface area contributed by atoms with Gasteiger partial charge in [-0.2, -0.15) is 26.3 Å². The second kappa shape index (κ2) is 7.87. The number of alkyl halides is 6. The molecular formula is C17H13F7N2O3S. The lowest BCUT2D eigenvalue weighted by Crippen LogP contribution is -2.24. The molecule has 0 fully saturated rings. The van der Waals surface area contributed by atoms with Gasteiger partial charge >= 0.3 is 12.4 Å². The zero-order valence-corrected chi connectivity index (χ0v) is 16.0. The van der Waals surface area contributed by atoms with E-state index in [0.717, 1.165) is 20.2 Å². The smallest absolute Gasteiger partial charge is 0.322 e. The number of nitrogens with one attached hydrogen (secondary N) is 1. The van der Waals surface area contributed by atoms with Gasteiger partial charge in [-0.05, 0) is 36.4 Å². The molecule has 13 heteroatoms. The van der Waals surface area contributed by atoms with Crippen molar-refractivity contribution in [1.29, 1.82) is 0 Å². The molecule has 1 N–H and O–H groups in total. The highest BCUT2D eigenvalue weighted by molar-refractivity contribution is 7.89. The third kappa shape index (κ3) is 5.08. The lowest BCUT2D eigenvalue weighted by Gasteiger charge is -2.15. The monoisotopic (exact) mass is 458 g/mol. The molecule has 0 heterocycles. The number of hydrogen-bond donors (Lipinski definition) is 1. The van der Waals surface area contributed by atoms with Crippen molar-refractivity contribution in [2.24, 2.45) is 0 Å². The third-order valence-electron chi connectivity index (χ3n) is 3.80. The van der Waals surface area contributed by atoms with Gasteiger partial charge in [0.05, 0.1) is 11.1 Å². The number of halogens is 7. The first kappa shape index (κ1) is 23.6. The number of benzene rings is 2. The Balaban J connectivity index is 2.48. The fraction of sp³-hybridized carbons (Fsp3) is 0.235. The molecule has 0 spiro atoms. The number of amides is 1. The van der Waals surface area contributed by atoms with Crippen molar-refractivity contribution in [1.82, 2.24) is 4.31 Å². The SMILES string of the molecule is CN(C)S(=O)(=O)c1cc(C(=O)Nc2cc(C(F)(F)F)cc(C(F)(F)F)c2)ccc1F. The summed E-state index contributed by atoms with van der Waals surface area (Å²) in [6.45, 7) is 0. The summed E-state index contributed by atoms with van der Waals surface area (Å²) in [6, 6.07) is 2.55. The number of carbonyl (C=O) groups excluding carboxylic acids is 1. The van der Waals surface area contributed by atoms with Crippen LogP contribution in [0.25, 0.3) is 0 Å². The summed E-state index contributed by atoms with van der Waals surface area (Å²) in [6.07, 6.45) is -10.2. The van der Waals surface area contributed by atoms with E-state index in [-0.39, 0.29) is 18.2 Å². The molecule has 0 aliphatic rings. The Bertz CT molecular complexity index is 1050. The largest absolute Gasteiger partial charge is 0.416 e. The van der Waals surface area contributed by atoms with Gasteiger partial charge in [0.15, 0.2) is 0 Å². The van der Waals surface area contributed by atoms with Gasteiger partial charge in [-0.1, -0.05) is 0 Å². The predicted octanol–water partition coefficient (Wildman–Crippen LogP) is 4.37. The maximum absolute atomic E-state index is 13.9. The van der Waals surface area contributed by atoms with Crippen LogP contribution in [0.15, 0.2) is 41.3 Å². The van der Waals surface area contributed by atoms with Gasteiger partial charge in [-0.25, -0.2) is 17.1 Å². The Hall–Kier alpha value is -2.67. The van der Waals surface area contributed by atoms with Crippen LogP contribution in [-0.2, 0) is 22.4 Å². The summed E-state index contributed by atoms with van der Waals surface area (Å²) in [5.74, 6) is -2.43. The van der Waals surface area contributed by atoms with E-state index in [1.165, 1.54) is 0 Å². The van der Waals surface area contributed by atoms with Gasteiger partial charge in [0, 0.05) is 25.3 Å². The fourth-order valence-electron chi connectivity index (χ4n) is 2.27. The van der Waals surface area contributed by atoms with Gasteiger partial charge in [-0.3, -0.25) is 4.79 Å². The average molecular weight is 458 g/mol. The van der Waals surface area contributed by atoms with Gasteiger partial charge < -0.3 is 5.32 Å². The minimum atomic E-state index is -5.12. The number of carbonyl (C=O) groups is 1. The highest BCUT2D eigenvalue weighted by Crippen LogP contribution is 2.37. The van der Waals surface area contributed by atoms with E-state index in [1.54, 1.807) is 0 Å². The van der Waals surface area contributed by atoms with Crippen molar-refractivity contribution in [2.75, 3.05) is 19.4 Å². The van der Waals surface area contributed by atoms with Crippen LogP contribution in [0.2, 0.25) is 0 Å². The normalized spacial score (nSPS) is 12.9. The topological polar surface area (TPSA) is 66.5 Å². The first-order valence-electron chi connectivity index (χ1n) is 7.86. The molecule has 0 radical (unpaired) electrons. The summed E-state index contributed by atoms with van der Waals surface area (Å²) in [5.41, 5.74) is -4.63. The van der Waals surface area contributed by atoms with E-state index in [4.69, 9.17) is 0 Å². The maximum atomic E-state index is 13.9. The number of sulfonamides is 1. The summed E-state index contributed by atoms with van der Waals surface area (Å²) in [7, 11) is -2.11. The van der Waals surface area contributed by atoms with Crippen LogP contribution in [0.3, 0.4) is 0 Å². The number of hydrogen-bond acceptors (Lipinski definition) is 3. The Labute approximate surface area is 166 Å². The second-order valence-electron chi connectivity index (χ2n) is 6.18. The number of anilines is 1. The molecule has 0 aromatic heterocycles. The molecule has 30 heavy (non-hydrogen) atoms. The minimum Gasteiger partial charge on any atom is -0.322 e. The van der Waals surface area contributed by atoms with Crippen LogP contribution < -0.4 is 5.32 Å². The van der Waals surface area contributed by atoms with E-state index < -0.39 is 61.4 Å². The van der Waals surface area contributed by atoms with Crippen LogP contribution in [0.1, 0.15) is 21.5 Å². The first-order chi connectivity index (χ1) is 13.5. The van der Waals surface area contributed by atoms with Crippen molar-refractivity contribution in [3.05, 3.63) is 58.9 Å². The second-order valence-corrected chi connectivity index (χ2v) is 8.30. The summed E-state index contributed by atoms with van der Waals surface area (Å²) >= 11 is 0. The van der Waals surface area contributed by atoms with Gasteiger partial charge in [-0.15, -0.1) is 0 Å². The van der Waals surface area contributed by atoms with E-state index in [2.05, 4.69) is 0 Å². The molecule has 0 unspecified atom stereocenters. The molecule has 2 aromatic rings.